The van der Waals surface area contributed by atoms with Gasteiger partial charge in [-0.1, -0.05) is 60.1 Å². The zero-order chi connectivity index (χ0) is 26.3. The van der Waals surface area contributed by atoms with Crippen LogP contribution in [0.5, 0.6) is 5.75 Å². The Bertz CT molecular complexity index is 1240. The minimum Gasteiger partial charge on any atom is -0.494 e. The van der Waals surface area contributed by atoms with Crippen molar-refractivity contribution in [2.45, 2.75) is 50.5 Å². The lowest BCUT2D eigenvalue weighted by Gasteiger charge is -2.30. The van der Waals surface area contributed by atoms with Crippen molar-refractivity contribution >= 4 is 37.5 Å². The Labute approximate surface area is 222 Å². The van der Waals surface area contributed by atoms with E-state index in [1.54, 1.807) is 36.4 Å². The molecule has 0 heterocycles. The van der Waals surface area contributed by atoms with Gasteiger partial charge in [-0.15, -0.1) is 0 Å². The minimum atomic E-state index is -3.99. The van der Waals surface area contributed by atoms with Gasteiger partial charge in [-0.25, -0.2) is 8.42 Å². The third-order valence-electron chi connectivity index (χ3n) is 5.90. The van der Waals surface area contributed by atoms with Gasteiger partial charge in [0.25, 0.3) is 10.0 Å². The third-order valence-corrected chi connectivity index (χ3v) is 8.22. The standard InChI is InChI=1S/C28H33BrN2O4S/c1-5-35-25-15-13-24(14-16-25)31(36(33,34)26-17-11-23(29)12-18-26)20-27(32)30-21(2)19-28(3,4)22-9-7-6-8-10-22/h6-18,21H,5,19-20H2,1-4H3,(H,30,32). The van der Waals surface area contributed by atoms with Crippen molar-refractivity contribution in [3.63, 3.8) is 0 Å². The molecule has 8 heteroatoms. The topological polar surface area (TPSA) is 75.7 Å². The normalized spacial score (nSPS) is 12.6. The molecule has 0 bridgehead atoms. The zero-order valence-electron chi connectivity index (χ0n) is 21.1. The van der Waals surface area contributed by atoms with E-state index in [1.165, 1.54) is 17.7 Å². The molecule has 0 spiro atoms. The second kappa shape index (κ2) is 11.9. The van der Waals surface area contributed by atoms with Gasteiger partial charge in [-0.05, 0) is 79.8 Å². The SMILES string of the molecule is CCOc1ccc(N(CC(=O)NC(C)CC(C)(C)c2ccccc2)S(=O)(=O)c2ccc(Br)cc2)cc1. The summed E-state index contributed by atoms with van der Waals surface area (Å²) in [5.74, 6) is 0.254. The van der Waals surface area contributed by atoms with Crippen LogP contribution in [0.1, 0.15) is 39.7 Å². The number of rotatable bonds is 11. The second-order valence-electron chi connectivity index (χ2n) is 9.32. The average molecular weight is 574 g/mol. The number of ether oxygens (including phenoxy) is 1. The summed E-state index contributed by atoms with van der Waals surface area (Å²) < 4.78 is 34.6. The van der Waals surface area contributed by atoms with Crippen molar-refractivity contribution < 1.29 is 17.9 Å². The van der Waals surface area contributed by atoms with Crippen molar-refractivity contribution in [3.8, 4) is 5.75 Å². The smallest absolute Gasteiger partial charge is 0.264 e. The molecule has 3 rings (SSSR count). The van der Waals surface area contributed by atoms with E-state index in [2.05, 4.69) is 47.2 Å². The lowest BCUT2D eigenvalue weighted by atomic mass is 9.79. The van der Waals surface area contributed by atoms with Gasteiger partial charge in [0.2, 0.25) is 5.91 Å². The molecule has 1 N–H and O–H groups in total. The van der Waals surface area contributed by atoms with Gasteiger partial charge >= 0.3 is 0 Å². The van der Waals surface area contributed by atoms with E-state index >= 15 is 0 Å². The molecule has 1 unspecified atom stereocenters. The number of amides is 1. The minimum absolute atomic E-state index is 0.102. The number of hydrogen-bond acceptors (Lipinski definition) is 4. The first-order valence-electron chi connectivity index (χ1n) is 11.9. The molecule has 3 aromatic carbocycles. The van der Waals surface area contributed by atoms with Gasteiger partial charge in [0.05, 0.1) is 17.2 Å². The summed E-state index contributed by atoms with van der Waals surface area (Å²) in [6.45, 7) is 8.24. The lowest BCUT2D eigenvalue weighted by molar-refractivity contribution is -0.120. The number of benzene rings is 3. The van der Waals surface area contributed by atoms with Gasteiger partial charge in [-0.2, -0.15) is 0 Å². The number of halogens is 1. The molecular formula is C28H33BrN2O4S. The highest BCUT2D eigenvalue weighted by Crippen LogP contribution is 2.29. The summed E-state index contributed by atoms with van der Waals surface area (Å²) >= 11 is 3.34. The maximum Gasteiger partial charge on any atom is 0.264 e. The van der Waals surface area contributed by atoms with Crippen molar-refractivity contribution in [2.24, 2.45) is 0 Å². The monoisotopic (exact) mass is 572 g/mol. The predicted molar refractivity (Wildman–Crippen MR) is 148 cm³/mol. The van der Waals surface area contributed by atoms with Gasteiger partial charge in [0.15, 0.2) is 0 Å². The van der Waals surface area contributed by atoms with Crippen LogP contribution in [0.15, 0.2) is 88.2 Å². The third kappa shape index (κ3) is 7.11. The summed E-state index contributed by atoms with van der Waals surface area (Å²) in [5, 5.41) is 2.99. The highest BCUT2D eigenvalue weighted by molar-refractivity contribution is 9.10. The molecule has 0 radical (unpaired) electrons. The Morgan fingerprint density at radius 3 is 2.19 bits per heavy atom. The van der Waals surface area contributed by atoms with E-state index in [0.29, 0.717) is 24.5 Å². The van der Waals surface area contributed by atoms with E-state index in [1.807, 2.05) is 32.0 Å². The molecule has 0 aromatic heterocycles. The van der Waals surface area contributed by atoms with Crippen molar-refractivity contribution in [1.82, 2.24) is 5.32 Å². The van der Waals surface area contributed by atoms with Gasteiger partial charge < -0.3 is 10.1 Å². The summed E-state index contributed by atoms with van der Waals surface area (Å²) in [4.78, 5) is 13.2. The van der Waals surface area contributed by atoms with Gasteiger partial charge in [-0.3, -0.25) is 9.10 Å². The number of nitrogens with zero attached hydrogens (tertiary/aromatic N) is 1. The van der Waals surface area contributed by atoms with Crippen molar-refractivity contribution in [3.05, 3.63) is 88.9 Å². The van der Waals surface area contributed by atoms with Crippen LogP contribution in [0.3, 0.4) is 0 Å². The van der Waals surface area contributed by atoms with Gasteiger partial charge in [0.1, 0.15) is 12.3 Å². The van der Waals surface area contributed by atoms with E-state index in [4.69, 9.17) is 4.74 Å². The van der Waals surface area contributed by atoms with E-state index in [0.717, 1.165) is 8.78 Å². The fourth-order valence-electron chi connectivity index (χ4n) is 4.20. The molecule has 192 valence electrons. The Morgan fingerprint density at radius 1 is 1.00 bits per heavy atom. The largest absolute Gasteiger partial charge is 0.494 e. The average Bonchev–Trinajstić information content (AvgIpc) is 2.84. The first-order valence-corrected chi connectivity index (χ1v) is 14.1. The number of nitrogens with one attached hydrogen (secondary N) is 1. The molecule has 0 fully saturated rings. The van der Waals surface area contributed by atoms with Crippen molar-refractivity contribution in [1.29, 1.82) is 0 Å². The summed E-state index contributed by atoms with van der Waals surface area (Å²) in [5.41, 5.74) is 1.40. The molecule has 3 aromatic rings. The molecule has 0 aliphatic rings. The maximum atomic E-state index is 13.6. The molecule has 6 nitrogen and oxygen atoms in total. The second-order valence-corrected chi connectivity index (χ2v) is 12.1. The molecular weight excluding hydrogens is 540 g/mol. The molecule has 1 atom stereocenters. The highest BCUT2D eigenvalue weighted by Gasteiger charge is 2.29. The fourth-order valence-corrected chi connectivity index (χ4v) is 5.88. The number of sulfonamides is 1. The Hall–Kier alpha value is -2.84. The maximum absolute atomic E-state index is 13.6. The Morgan fingerprint density at radius 2 is 1.61 bits per heavy atom. The van der Waals surface area contributed by atoms with Gasteiger partial charge in [0, 0.05) is 10.5 Å². The Kier molecular flexibility index (Phi) is 9.19. The van der Waals surface area contributed by atoms with Crippen molar-refractivity contribution in [2.75, 3.05) is 17.5 Å². The highest BCUT2D eigenvalue weighted by atomic mass is 79.9. The molecule has 0 saturated heterocycles. The summed E-state index contributed by atoms with van der Waals surface area (Å²) in [6, 6.07) is 23.0. The van der Waals surface area contributed by atoms with Crippen LogP contribution in [0, 0.1) is 0 Å². The number of hydrogen-bond donors (Lipinski definition) is 1. The molecule has 0 aliphatic carbocycles. The van der Waals surface area contributed by atoms with Crippen LogP contribution in [0.4, 0.5) is 5.69 Å². The van der Waals surface area contributed by atoms with Crippen LogP contribution >= 0.6 is 15.9 Å². The number of carbonyl (C=O) groups excluding carboxylic acids is 1. The van der Waals surface area contributed by atoms with Crippen LogP contribution in [-0.2, 0) is 20.2 Å². The Balaban J connectivity index is 1.81. The lowest BCUT2D eigenvalue weighted by Crippen LogP contribution is -2.45. The van der Waals surface area contributed by atoms with E-state index in [9.17, 15) is 13.2 Å². The summed E-state index contributed by atoms with van der Waals surface area (Å²) in [6.07, 6.45) is 0.700. The van der Waals surface area contributed by atoms with E-state index < -0.39 is 10.0 Å². The molecule has 0 aliphatic heterocycles. The molecule has 1 amide bonds. The zero-order valence-corrected chi connectivity index (χ0v) is 23.5. The van der Waals surface area contributed by atoms with E-state index in [-0.39, 0.29) is 28.8 Å². The number of anilines is 1. The quantitative estimate of drug-likeness (QED) is 0.309. The first kappa shape index (κ1) is 27.7. The fraction of sp³-hybridized carbons (Fsp3) is 0.321. The first-order chi connectivity index (χ1) is 17.0. The van der Waals surface area contributed by atoms with Crippen LogP contribution < -0.4 is 14.4 Å². The summed E-state index contributed by atoms with van der Waals surface area (Å²) in [7, 11) is -3.99. The predicted octanol–water partition coefficient (Wildman–Crippen LogP) is 5.92. The van der Waals surface area contributed by atoms with Crippen LogP contribution in [0.25, 0.3) is 0 Å². The van der Waals surface area contributed by atoms with Crippen LogP contribution in [0.2, 0.25) is 0 Å². The van der Waals surface area contributed by atoms with Crippen LogP contribution in [-0.4, -0.2) is 33.5 Å². The molecule has 36 heavy (non-hydrogen) atoms. The number of carbonyl (C=O) groups is 1. The molecule has 0 saturated carbocycles.